The second-order valence-electron chi connectivity index (χ2n) is 3.61. The molecule has 1 heterocycles. The van der Waals surface area contributed by atoms with Crippen molar-refractivity contribution in [1.29, 1.82) is 0 Å². The minimum absolute atomic E-state index is 0.354. The summed E-state index contributed by atoms with van der Waals surface area (Å²) in [6, 6.07) is 9.49. The predicted molar refractivity (Wildman–Crippen MR) is 69.0 cm³/mol. The lowest BCUT2D eigenvalue weighted by atomic mass is 10.3. The van der Waals surface area contributed by atoms with Crippen LogP contribution in [-0.4, -0.2) is 18.1 Å². The molecule has 0 spiro atoms. The largest absolute Gasteiger partial charge is 0.486 e. The van der Waals surface area contributed by atoms with Crippen molar-refractivity contribution >= 4 is 17.3 Å². The number of rotatable bonds is 4. The van der Waals surface area contributed by atoms with Gasteiger partial charge in [0, 0.05) is 4.88 Å². The molecule has 0 saturated carbocycles. The zero-order valence-electron chi connectivity index (χ0n) is 10.2. The lowest BCUT2D eigenvalue weighted by Gasteiger charge is -2.02. The number of nitrogens with zero attached hydrogens (tertiary/aromatic N) is 1. The Morgan fingerprint density at radius 1 is 1.33 bits per heavy atom. The molecular formula is C13H13NO3S. The summed E-state index contributed by atoms with van der Waals surface area (Å²) in [5, 5.41) is 0.761. The van der Waals surface area contributed by atoms with Crippen LogP contribution in [0.1, 0.15) is 20.4 Å². The Morgan fingerprint density at radius 3 is 2.72 bits per heavy atom. The Hall–Kier alpha value is -1.88. The Morgan fingerprint density at radius 2 is 2.06 bits per heavy atom. The van der Waals surface area contributed by atoms with Gasteiger partial charge < -0.3 is 9.47 Å². The van der Waals surface area contributed by atoms with Crippen LogP contribution in [0.2, 0.25) is 0 Å². The average molecular weight is 263 g/mol. The summed E-state index contributed by atoms with van der Waals surface area (Å²) in [4.78, 5) is 16.5. The van der Waals surface area contributed by atoms with Crippen molar-refractivity contribution < 1.29 is 14.3 Å². The molecule has 4 nitrogen and oxygen atoms in total. The van der Waals surface area contributed by atoms with Crippen molar-refractivity contribution in [3.05, 3.63) is 45.9 Å². The summed E-state index contributed by atoms with van der Waals surface area (Å²) >= 11 is 1.44. The second kappa shape index (κ2) is 5.64. The molecule has 0 radical (unpaired) electrons. The van der Waals surface area contributed by atoms with Crippen LogP contribution in [0.25, 0.3) is 0 Å². The smallest absolute Gasteiger partial charge is 0.357 e. The molecule has 0 atom stereocenters. The van der Waals surface area contributed by atoms with E-state index in [1.165, 1.54) is 18.4 Å². The first-order chi connectivity index (χ1) is 8.70. The van der Waals surface area contributed by atoms with Crippen LogP contribution in [0.3, 0.4) is 0 Å². The van der Waals surface area contributed by atoms with Gasteiger partial charge in [0.1, 0.15) is 17.4 Å². The van der Waals surface area contributed by atoms with Crippen molar-refractivity contribution in [3.63, 3.8) is 0 Å². The summed E-state index contributed by atoms with van der Waals surface area (Å²) < 4.78 is 10.2. The standard InChI is InChI=1S/C13H13NO3S/c1-9-12(13(15)16-2)14-11(18-9)8-17-10-6-4-3-5-7-10/h3-7H,8H2,1-2H3. The number of aromatic nitrogens is 1. The molecule has 0 aliphatic heterocycles. The van der Waals surface area contributed by atoms with Gasteiger partial charge in [-0.3, -0.25) is 0 Å². The highest BCUT2D eigenvalue weighted by atomic mass is 32.1. The maximum Gasteiger partial charge on any atom is 0.357 e. The van der Waals surface area contributed by atoms with Crippen molar-refractivity contribution in [3.8, 4) is 5.75 Å². The summed E-state index contributed by atoms with van der Waals surface area (Å²) in [5.41, 5.74) is 0.370. The first-order valence-corrected chi connectivity index (χ1v) is 6.25. The van der Waals surface area contributed by atoms with Crippen LogP contribution in [0, 0.1) is 6.92 Å². The quantitative estimate of drug-likeness (QED) is 0.796. The van der Waals surface area contributed by atoms with E-state index in [1.807, 2.05) is 37.3 Å². The summed E-state index contributed by atoms with van der Waals surface area (Å²) in [5.74, 6) is 0.375. The van der Waals surface area contributed by atoms with E-state index in [4.69, 9.17) is 4.74 Å². The van der Waals surface area contributed by atoms with Gasteiger partial charge in [0.2, 0.25) is 0 Å². The first-order valence-electron chi connectivity index (χ1n) is 5.43. The first kappa shape index (κ1) is 12.6. The normalized spacial score (nSPS) is 10.1. The number of carbonyl (C=O) groups is 1. The topological polar surface area (TPSA) is 48.4 Å². The minimum atomic E-state index is -0.408. The van der Waals surface area contributed by atoms with Gasteiger partial charge >= 0.3 is 5.97 Å². The zero-order valence-corrected chi connectivity index (χ0v) is 11.0. The third kappa shape index (κ3) is 2.87. The molecule has 0 saturated heterocycles. The van der Waals surface area contributed by atoms with E-state index >= 15 is 0 Å². The molecule has 2 aromatic rings. The monoisotopic (exact) mass is 263 g/mol. The third-order valence-corrected chi connectivity index (χ3v) is 3.27. The van der Waals surface area contributed by atoms with E-state index in [2.05, 4.69) is 9.72 Å². The number of para-hydroxylation sites is 1. The molecule has 1 aromatic carbocycles. The molecule has 0 bridgehead atoms. The van der Waals surface area contributed by atoms with Gasteiger partial charge in [-0.2, -0.15) is 0 Å². The van der Waals surface area contributed by atoms with Gasteiger partial charge in [0.05, 0.1) is 7.11 Å². The van der Waals surface area contributed by atoms with E-state index in [0.29, 0.717) is 12.3 Å². The molecule has 0 amide bonds. The van der Waals surface area contributed by atoms with Gasteiger partial charge in [-0.05, 0) is 19.1 Å². The SMILES string of the molecule is COC(=O)c1nc(COc2ccccc2)sc1C. The highest BCUT2D eigenvalue weighted by Crippen LogP contribution is 2.20. The molecule has 0 N–H and O–H groups in total. The van der Waals surface area contributed by atoms with E-state index in [0.717, 1.165) is 15.6 Å². The summed E-state index contributed by atoms with van der Waals surface area (Å²) in [6.07, 6.45) is 0. The van der Waals surface area contributed by atoms with E-state index in [9.17, 15) is 4.79 Å². The van der Waals surface area contributed by atoms with Crippen LogP contribution in [0.15, 0.2) is 30.3 Å². The number of benzene rings is 1. The average Bonchev–Trinajstić information content (AvgIpc) is 2.78. The zero-order chi connectivity index (χ0) is 13.0. The molecule has 94 valence electrons. The van der Waals surface area contributed by atoms with Gasteiger partial charge in [-0.1, -0.05) is 18.2 Å². The van der Waals surface area contributed by atoms with E-state index in [-0.39, 0.29) is 0 Å². The van der Waals surface area contributed by atoms with E-state index < -0.39 is 5.97 Å². The van der Waals surface area contributed by atoms with Gasteiger partial charge in [0.15, 0.2) is 5.69 Å². The molecule has 5 heteroatoms. The molecule has 0 fully saturated rings. The highest BCUT2D eigenvalue weighted by Gasteiger charge is 2.15. The fourth-order valence-electron chi connectivity index (χ4n) is 1.46. The Kier molecular flexibility index (Phi) is 3.94. The molecule has 0 unspecified atom stereocenters. The molecular weight excluding hydrogens is 250 g/mol. The number of esters is 1. The molecule has 0 aliphatic carbocycles. The van der Waals surface area contributed by atoms with Crippen LogP contribution in [-0.2, 0) is 11.3 Å². The Bertz CT molecular complexity index is 536. The van der Waals surface area contributed by atoms with Gasteiger partial charge in [0.25, 0.3) is 0 Å². The molecule has 1 aromatic heterocycles. The molecule has 18 heavy (non-hydrogen) atoms. The van der Waals surface area contributed by atoms with E-state index in [1.54, 1.807) is 0 Å². The fourth-order valence-corrected chi connectivity index (χ4v) is 2.29. The number of methoxy groups -OCH3 is 1. The summed E-state index contributed by atoms with van der Waals surface area (Å²) in [6.45, 7) is 2.20. The number of hydrogen-bond acceptors (Lipinski definition) is 5. The van der Waals surface area contributed by atoms with Gasteiger partial charge in [-0.25, -0.2) is 9.78 Å². The van der Waals surface area contributed by atoms with Crippen LogP contribution in [0.4, 0.5) is 0 Å². The Balaban J connectivity index is 2.05. The van der Waals surface area contributed by atoms with Gasteiger partial charge in [-0.15, -0.1) is 11.3 Å². The number of hydrogen-bond donors (Lipinski definition) is 0. The van der Waals surface area contributed by atoms with Crippen molar-refractivity contribution in [2.24, 2.45) is 0 Å². The lowest BCUT2D eigenvalue weighted by Crippen LogP contribution is -2.04. The number of ether oxygens (including phenoxy) is 2. The number of carbonyl (C=O) groups excluding carboxylic acids is 1. The fraction of sp³-hybridized carbons (Fsp3) is 0.231. The third-order valence-electron chi connectivity index (χ3n) is 2.33. The maximum atomic E-state index is 11.4. The summed E-state index contributed by atoms with van der Waals surface area (Å²) in [7, 11) is 1.35. The Labute approximate surface area is 109 Å². The van der Waals surface area contributed by atoms with Crippen LogP contribution in [0.5, 0.6) is 5.75 Å². The van der Waals surface area contributed by atoms with Crippen LogP contribution >= 0.6 is 11.3 Å². The second-order valence-corrected chi connectivity index (χ2v) is 4.89. The van der Waals surface area contributed by atoms with Crippen LogP contribution < -0.4 is 4.74 Å². The van der Waals surface area contributed by atoms with Crippen molar-refractivity contribution in [2.45, 2.75) is 13.5 Å². The number of thiazole rings is 1. The lowest BCUT2D eigenvalue weighted by molar-refractivity contribution is 0.0594. The highest BCUT2D eigenvalue weighted by molar-refractivity contribution is 7.11. The maximum absolute atomic E-state index is 11.4. The van der Waals surface area contributed by atoms with Crippen molar-refractivity contribution in [1.82, 2.24) is 4.98 Å². The molecule has 2 rings (SSSR count). The molecule has 0 aliphatic rings. The minimum Gasteiger partial charge on any atom is -0.486 e. The predicted octanol–water partition coefficient (Wildman–Crippen LogP) is 2.82. The number of aryl methyl sites for hydroxylation is 1. The van der Waals surface area contributed by atoms with Crippen molar-refractivity contribution in [2.75, 3.05) is 7.11 Å².